The van der Waals surface area contributed by atoms with E-state index in [-0.39, 0.29) is 72.9 Å². The lowest BCUT2D eigenvalue weighted by Gasteiger charge is -2.44. The molecular weight excluding hydrogens is 1000 g/mol. The average Bonchev–Trinajstić information content (AvgIpc) is 3.99. The number of likely N-dealkylation sites (tertiary alicyclic amines) is 1. The van der Waals surface area contributed by atoms with Gasteiger partial charge in [0.2, 0.25) is 23.3 Å². The van der Waals surface area contributed by atoms with Crippen LogP contribution < -0.4 is 26.4 Å². The van der Waals surface area contributed by atoms with Crippen LogP contribution in [-0.2, 0) is 27.1 Å². The van der Waals surface area contributed by atoms with Gasteiger partial charge in [-0.25, -0.2) is 9.37 Å². The summed E-state index contributed by atoms with van der Waals surface area (Å²) < 4.78 is 57.9. The molecule has 0 saturated carbocycles. The Labute approximate surface area is 443 Å². The first-order chi connectivity index (χ1) is 35.9. The summed E-state index contributed by atoms with van der Waals surface area (Å²) in [5.74, 6) is -3.37. The quantitative estimate of drug-likeness (QED) is 0.0322. The van der Waals surface area contributed by atoms with Gasteiger partial charge < -0.3 is 35.8 Å². The number of nitrogens with one attached hydrogen (secondary N) is 4. The van der Waals surface area contributed by atoms with Crippen molar-refractivity contribution in [3.8, 4) is 21.6 Å². The van der Waals surface area contributed by atoms with Gasteiger partial charge in [-0.1, -0.05) is 76.1 Å². The first-order valence-electron chi connectivity index (χ1n) is 25.5. The number of hydrogen-bond acceptors (Lipinski definition) is 11. The molecule has 2 aromatic heterocycles. The number of Topliss-reactive ketones (excluding diaryl/α,β-unsaturated/α-hetero) is 1. The normalized spacial score (nSPS) is 18.6. The van der Waals surface area contributed by atoms with Crippen LogP contribution in [0.2, 0.25) is 0 Å². The van der Waals surface area contributed by atoms with Gasteiger partial charge in [0.15, 0.2) is 5.78 Å². The number of aliphatic hydroxyl groups excluding tert-OH is 1. The highest BCUT2D eigenvalue weighted by Crippen LogP contribution is 2.37. The number of β-amino-alcohol motifs (C(OH)–C–C–N with tert-alkyl or cyclic N) is 1. The Bertz CT molecular complexity index is 2980. The van der Waals surface area contributed by atoms with Gasteiger partial charge in [-0.3, -0.25) is 33.7 Å². The summed E-state index contributed by atoms with van der Waals surface area (Å²) in [6, 6.07) is 15.2. The molecule has 0 bridgehead atoms. The van der Waals surface area contributed by atoms with E-state index in [2.05, 4.69) is 30.8 Å². The number of thiazole rings is 1. The zero-order valence-electron chi connectivity index (χ0n) is 43.8. The van der Waals surface area contributed by atoms with Crippen LogP contribution in [0.4, 0.5) is 28.9 Å². The first-order valence-corrected chi connectivity index (χ1v) is 26.4. The number of benzene rings is 3. The number of piperazine rings is 1. The van der Waals surface area contributed by atoms with Crippen LogP contribution in [-0.4, -0.2) is 111 Å². The molecule has 0 radical (unpaired) electrons. The molecule has 2 saturated heterocycles. The molecule has 2 aliphatic heterocycles. The second-order valence-corrected chi connectivity index (χ2v) is 21.9. The number of alkyl halides is 3. The maximum absolute atomic E-state index is 16.0. The molecule has 0 spiro atoms. The number of halogens is 4. The van der Waals surface area contributed by atoms with Gasteiger partial charge >= 0.3 is 6.18 Å². The van der Waals surface area contributed by atoms with Crippen molar-refractivity contribution in [3.05, 3.63) is 123 Å². The fourth-order valence-electron chi connectivity index (χ4n) is 9.77. The molecule has 5 N–H and O–H groups in total. The predicted octanol–water partition coefficient (Wildman–Crippen LogP) is 8.75. The van der Waals surface area contributed by atoms with E-state index in [0.29, 0.717) is 62.3 Å². The molecule has 3 aromatic carbocycles. The third-order valence-corrected chi connectivity index (χ3v) is 15.3. The molecule has 20 heteroatoms. The number of carbonyl (C=O) groups is 5. The largest absolute Gasteiger partial charge is 0.417 e. The lowest BCUT2D eigenvalue weighted by molar-refractivity contribution is -0.144. The van der Waals surface area contributed by atoms with Crippen molar-refractivity contribution in [2.45, 2.75) is 129 Å². The molecule has 0 aliphatic carbocycles. The zero-order valence-corrected chi connectivity index (χ0v) is 44.6. The van der Waals surface area contributed by atoms with Crippen LogP contribution in [0.5, 0.6) is 0 Å². The maximum Gasteiger partial charge on any atom is 0.417 e. The third-order valence-electron chi connectivity index (χ3n) is 14.3. The van der Waals surface area contributed by atoms with Crippen LogP contribution in [0.15, 0.2) is 83.2 Å². The van der Waals surface area contributed by atoms with Gasteiger partial charge in [-0.15, -0.1) is 11.3 Å². The summed E-state index contributed by atoms with van der Waals surface area (Å²) in [6.07, 6.45) is -2.80. The van der Waals surface area contributed by atoms with Crippen molar-refractivity contribution < 1.29 is 46.6 Å². The van der Waals surface area contributed by atoms with Gasteiger partial charge in [-0.2, -0.15) is 13.2 Å². The number of aromatic nitrogens is 2. The summed E-state index contributed by atoms with van der Waals surface area (Å²) in [4.78, 5) is 92.6. The van der Waals surface area contributed by atoms with Gasteiger partial charge in [0.05, 0.1) is 44.7 Å². The highest BCUT2D eigenvalue weighted by Gasteiger charge is 2.44. The van der Waals surface area contributed by atoms with Crippen LogP contribution in [0, 0.1) is 18.2 Å². The second-order valence-electron chi connectivity index (χ2n) is 21.1. The van der Waals surface area contributed by atoms with E-state index in [1.165, 1.54) is 23.1 Å². The van der Waals surface area contributed by atoms with Crippen LogP contribution in [0.25, 0.3) is 21.6 Å². The number of rotatable bonds is 18. The molecule has 76 heavy (non-hydrogen) atoms. The molecule has 406 valence electrons. The number of carbonyl (C=O) groups excluding carboxylic acids is 5. The lowest BCUT2D eigenvalue weighted by Crippen LogP contribution is -2.57. The molecular formula is C56H66F4N8O7S. The standard InChI is InChI=1S/C56H66F4N8O7S/c1-32-28-67(29-33(2)66(32)7)45-21-19-37(23-44(45)64-52(73)41-27-61-49(72)25-42(41)56(58,59)60)40-20-18-38(22-43(40)57)47(70)12-10-8-9-11-13-48(71)65-51(55(4,5)6)54(75)68-30-39(69)24-46(68)53(74)62-26-35-14-16-36(17-15-35)50-34(3)63-31-76-50/h14-23,25,27,31-33,39,46,51,69H,8-13,24,26,28-30H2,1-7H3,(H,61,72)(H,62,74)(H,64,73)(H,65,71)/t32-,33+,39-,46+,51-/m1/s1. The number of pyridine rings is 1. The van der Waals surface area contributed by atoms with Gasteiger partial charge in [0, 0.05) is 80.9 Å². The molecule has 4 heterocycles. The van der Waals surface area contributed by atoms with Crippen molar-refractivity contribution in [3.63, 3.8) is 0 Å². The fraction of sp³-hybridized carbons (Fsp3) is 0.446. The van der Waals surface area contributed by atoms with Crippen LogP contribution in [0.3, 0.4) is 0 Å². The molecule has 0 unspecified atom stereocenters. The molecule has 2 aliphatic rings. The molecule has 2 fully saturated rings. The van der Waals surface area contributed by atoms with Gasteiger partial charge in [0.25, 0.3) is 5.91 Å². The summed E-state index contributed by atoms with van der Waals surface area (Å²) in [6.45, 7) is 12.7. The van der Waals surface area contributed by atoms with E-state index in [1.807, 2.05) is 77.8 Å². The number of unbranched alkanes of at least 4 members (excludes halogenated alkanes) is 3. The molecule has 5 aromatic rings. The van der Waals surface area contributed by atoms with Crippen LogP contribution >= 0.6 is 11.3 Å². The monoisotopic (exact) mass is 1070 g/mol. The van der Waals surface area contributed by atoms with E-state index in [0.717, 1.165) is 27.8 Å². The third kappa shape index (κ3) is 13.8. The lowest BCUT2D eigenvalue weighted by atomic mass is 9.85. The van der Waals surface area contributed by atoms with Crippen LogP contribution in [0.1, 0.15) is 117 Å². The number of likely N-dealkylation sites (N-methyl/N-ethyl adjacent to an activating group) is 1. The number of hydrogen-bond donors (Lipinski definition) is 5. The summed E-state index contributed by atoms with van der Waals surface area (Å²) in [5, 5.41) is 19.0. The number of aryl methyl sites for hydroxylation is 1. The Kier molecular flexibility index (Phi) is 18.0. The SMILES string of the molecule is Cc1ncsc1-c1ccc(CNC(=O)[C@@H]2C[C@@H](O)CN2C(=O)[C@@H](NC(=O)CCCCCCC(=O)c2ccc(-c3ccc(N4C[C@@H](C)N(C)[C@@H](C)C4)c(NC(=O)c4c[nH]c(=O)cc4C(F)(F)F)c3)c(F)c2)C(C)(C)C)cc1. The molecule has 4 amide bonds. The van der Waals surface area contributed by atoms with Gasteiger partial charge in [0.1, 0.15) is 17.9 Å². The number of nitrogens with zero attached hydrogens (tertiary/aromatic N) is 4. The number of H-pyrrole nitrogens is 1. The highest BCUT2D eigenvalue weighted by atomic mass is 32.1. The Morgan fingerprint density at radius 3 is 2.18 bits per heavy atom. The Morgan fingerprint density at radius 2 is 1.55 bits per heavy atom. The zero-order chi connectivity index (χ0) is 55.2. The van der Waals surface area contributed by atoms with E-state index < -0.39 is 70.0 Å². The topological polar surface area (TPSA) is 197 Å². The summed E-state index contributed by atoms with van der Waals surface area (Å²) >= 11 is 1.55. The van der Waals surface area contributed by atoms with Crippen molar-refractivity contribution in [1.29, 1.82) is 0 Å². The average molecular weight is 1070 g/mol. The Morgan fingerprint density at radius 1 is 0.882 bits per heavy atom. The van der Waals surface area contributed by atoms with Crippen molar-refractivity contribution in [2.24, 2.45) is 5.41 Å². The fourth-order valence-corrected chi connectivity index (χ4v) is 10.6. The molecule has 7 rings (SSSR count). The molecule has 15 nitrogen and oxygen atoms in total. The number of amides is 4. The van der Waals surface area contributed by atoms with E-state index in [4.69, 9.17) is 0 Å². The summed E-state index contributed by atoms with van der Waals surface area (Å²) in [7, 11) is 1.99. The minimum Gasteiger partial charge on any atom is -0.391 e. The Balaban J connectivity index is 0.914. The number of ketones is 1. The highest BCUT2D eigenvalue weighted by molar-refractivity contribution is 7.13. The number of aliphatic hydroxyl groups is 1. The van der Waals surface area contributed by atoms with Gasteiger partial charge in [-0.05, 0) is 81.0 Å². The smallest absolute Gasteiger partial charge is 0.391 e. The minimum absolute atomic E-state index is 0.0504. The first kappa shape index (κ1) is 56.9. The number of aromatic amines is 1. The number of anilines is 2. The van der Waals surface area contributed by atoms with Crippen molar-refractivity contribution in [1.82, 2.24) is 30.4 Å². The second kappa shape index (κ2) is 24.1. The molecule has 5 atom stereocenters. The van der Waals surface area contributed by atoms with Crippen molar-refractivity contribution >= 4 is 52.1 Å². The Hall–Kier alpha value is -6.77. The van der Waals surface area contributed by atoms with E-state index >= 15 is 4.39 Å². The van der Waals surface area contributed by atoms with E-state index in [1.54, 1.807) is 29.0 Å². The minimum atomic E-state index is -5.00. The summed E-state index contributed by atoms with van der Waals surface area (Å²) in [5.41, 5.74) is 1.82. The van der Waals surface area contributed by atoms with Crippen molar-refractivity contribution in [2.75, 3.05) is 36.9 Å². The maximum atomic E-state index is 16.0. The van der Waals surface area contributed by atoms with E-state index in [9.17, 15) is 47.0 Å². The predicted molar refractivity (Wildman–Crippen MR) is 284 cm³/mol.